The van der Waals surface area contributed by atoms with Gasteiger partial charge in [0.05, 0.1) is 41.7 Å². The normalized spacial score (nSPS) is 23.0. The lowest BCUT2D eigenvalue weighted by Gasteiger charge is -2.35. The zero-order valence-electron chi connectivity index (χ0n) is 25.9. The van der Waals surface area contributed by atoms with E-state index in [1.807, 2.05) is 0 Å². The molecule has 0 saturated carbocycles. The summed E-state index contributed by atoms with van der Waals surface area (Å²) in [5, 5.41) is 16.5. The number of aliphatic imine (C=N–C) groups is 1. The van der Waals surface area contributed by atoms with Crippen molar-refractivity contribution in [3.05, 3.63) is 62.2 Å². The van der Waals surface area contributed by atoms with Crippen LogP contribution in [0.15, 0.2) is 40.0 Å². The number of nitrogens with zero attached hydrogens (tertiary/aromatic N) is 5. The van der Waals surface area contributed by atoms with Crippen LogP contribution in [0.2, 0.25) is 5.02 Å². The third kappa shape index (κ3) is 6.60. The van der Waals surface area contributed by atoms with Gasteiger partial charge in [-0.2, -0.15) is 0 Å². The number of hydrazine groups is 1. The van der Waals surface area contributed by atoms with Crippen LogP contribution in [0.1, 0.15) is 50.7 Å². The van der Waals surface area contributed by atoms with Gasteiger partial charge in [0.25, 0.3) is 5.92 Å². The van der Waals surface area contributed by atoms with Crippen LogP contribution in [-0.2, 0) is 19.1 Å². The van der Waals surface area contributed by atoms with Crippen LogP contribution in [0.25, 0.3) is 0 Å². The first kappa shape index (κ1) is 34.7. The molecule has 2 N–H and O–H groups in total. The fourth-order valence-electron chi connectivity index (χ4n) is 6.07. The molecule has 3 aliphatic heterocycles. The number of esters is 1. The maximum Gasteiger partial charge on any atom is 0.338 e. The van der Waals surface area contributed by atoms with Gasteiger partial charge in [-0.1, -0.05) is 17.7 Å². The minimum absolute atomic E-state index is 0.00453. The molecule has 11 nitrogen and oxygen atoms in total. The number of fused-ring (bicyclic) bond motifs is 1. The van der Waals surface area contributed by atoms with E-state index in [2.05, 4.69) is 15.3 Å². The van der Waals surface area contributed by atoms with Gasteiger partial charge in [0.15, 0.2) is 22.5 Å². The number of aliphatic carboxylic acids is 1. The van der Waals surface area contributed by atoms with Crippen molar-refractivity contribution in [2.75, 3.05) is 32.8 Å². The monoisotopic (exact) mass is 700 g/mol. The molecule has 4 heterocycles. The molecule has 3 atom stereocenters. The molecule has 5 rings (SSSR count). The van der Waals surface area contributed by atoms with Gasteiger partial charge in [-0.05, 0) is 33.3 Å². The zero-order valence-corrected chi connectivity index (χ0v) is 27.5. The number of carboxylic acids is 1. The SMILES string of the molecule is CCOC(=O)C1=C(CN2CC(F)(F)[C@H]3[C@@H]2CN(C(C)=O)N3CCC(C)(C)C(=O)O)NC(c2nccs2)=NC1c1ccc(F)c(F)c1Cl. The number of amides is 1. The number of hydrogen-bond donors (Lipinski definition) is 2. The number of aromatic nitrogens is 1. The smallest absolute Gasteiger partial charge is 0.338 e. The molecule has 1 aromatic carbocycles. The molecule has 1 aromatic heterocycles. The second-order valence-corrected chi connectivity index (χ2v) is 13.4. The minimum Gasteiger partial charge on any atom is -0.481 e. The molecule has 0 radical (unpaired) electrons. The molecule has 47 heavy (non-hydrogen) atoms. The highest BCUT2D eigenvalue weighted by atomic mass is 35.5. The molecule has 3 aliphatic rings. The van der Waals surface area contributed by atoms with E-state index in [-0.39, 0.29) is 55.3 Å². The molecule has 2 aromatic rings. The second-order valence-electron chi connectivity index (χ2n) is 12.1. The topological polar surface area (TPSA) is 128 Å². The number of carbonyl (C=O) groups excluding carboxylic acids is 2. The van der Waals surface area contributed by atoms with E-state index in [0.717, 1.165) is 6.07 Å². The van der Waals surface area contributed by atoms with Gasteiger partial charge in [-0.25, -0.2) is 32.3 Å². The molecule has 17 heteroatoms. The predicted octanol–water partition coefficient (Wildman–Crippen LogP) is 4.25. The zero-order chi connectivity index (χ0) is 34.4. The van der Waals surface area contributed by atoms with Crippen molar-refractivity contribution in [2.45, 2.75) is 58.2 Å². The Bertz CT molecular complexity index is 1640. The van der Waals surface area contributed by atoms with E-state index >= 15 is 8.78 Å². The minimum atomic E-state index is -3.35. The summed E-state index contributed by atoms with van der Waals surface area (Å²) in [6.45, 7) is 4.45. The van der Waals surface area contributed by atoms with Gasteiger partial charge in [0.1, 0.15) is 12.1 Å². The van der Waals surface area contributed by atoms with E-state index in [4.69, 9.17) is 16.3 Å². The summed E-state index contributed by atoms with van der Waals surface area (Å²) in [4.78, 5) is 48.2. The van der Waals surface area contributed by atoms with Crippen molar-refractivity contribution < 1.29 is 41.8 Å². The van der Waals surface area contributed by atoms with Gasteiger partial charge in [-0.15, -0.1) is 11.3 Å². The fourth-order valence-corrected chi connectivity index (χ4v) is 6.91. The summed E-state index contributed by atoms with van der Waals surface area (Å²) in [5.41, 5.74) is -1.33. The van der Waals surface area contributed by atoms with Crippen LogP contribution < -0.4 is 5.32 Å². The van der Waals surface area contributed by atoms with Crippen LogP contribution in [0.5, 0.6) is 0 Å². The molecular formula is C30H33ClF4N6O5S. The number of carboxylic acid groups (broad SMARTS) is 1. The molecule has 0 bridgehead atoms. The Balaban J connectivity index is 1.57. The maximum absolute atomic E-state index is 15.9. The van der Waals surface area contributed by atoms with Gasteiger partial charge >= 0.3 is 11.9 Å². The molecule has 0 aliphatic carbocycles. The average Bonchev–Trinajstić information content (AvgIpc) is 3.72. The second kappa shape index (κ2) is 13.1. The third-order valence-electron chi connectivity index (χ3n) is 8.56. The van der Waals surface area contributed by atoms with Crippen LogP contribution in [0.4, 0.5) is 17.6 Å². The van der Waals surface area contributed by atoms with Crippen molar-refractivity contribution in [3.63, 3.8) is 0 Å². The number of hydrogen-bond acceptors (Lipinski definition) is 10. The Kier molecular flexibility index (Phi) is 9.70. The van der Waals surface area contributed by atoms with Crippen molar-refractivity contribution in [1.29, 1.82) is 0 Å². The van der Waals surface area contributed by atoms with Crippen LogP contribution in [0.3, 0.4) is 0 Å². The van der Waals surface area contributed by atoms with E-state index in [1.165, 1.54) is 59.3 Å². The van der Waals surface area contributed by atoms with Crippen molar-refractivity contribution in [2.24, 2.45) is 10.4 Å². The maximum atomic E-state index is 15.9. The first-order valence-electron chi connectivity index (χ1n) is 14.8. The fraction of sp³-hybridized carbons (Fsp3) is 0.500. The molecule has 2 saturated heterocycles. The molecule has 2 fully saturated rings. The number of rotatable bonds is 10. The number of carbonyl (C=O) groups is 3. The molecule has 254 valence electrons. The Morgan fingerprint density at radius 2 is 1.98 bits per heavy atom. The highest BCUT2D eigenvalue weighted by molar-refractivity contribution is 7.11. The average molecular weight is 701 g/mol. The van der Waals surface area contributed by atoms with Crippen LogP contribution in [-0.4, -0.2) is 99.5 Å². The molecular weight excluding hydrogens is 668 g/mol. The number of likely N-dealkylation sites (tertiary alicyclic amines) is 1. The largest absolute Gasteiger partial charge is 0.481 e. The Morgan fingerprint density at radius 1 is 1.26 bits per heavy atom. The Morgan fingerprint density at radius 3 is 2.60 bits per heavy atom. The Hall–Kier alpha value is -3.60. The summed E-state index contributed by atoms with van der Waals surface area (Å²) < 4.78 is 65.9. The Labute approximate surface area is 276 Å². The number of alkyl halides is 2. The number of amidine groups is 1. The van der Waals surface area contributed by atoms with E-state index in [0.29, 0.717) is 5.01 Å². The third-order valence-corrected chi connectivity index (χ3v) is 9.72. The van der Waals surface area contributed by atoms with Crippen molar-refractivity contribution in [1.82, 2.24) is 25.2 Å². The summed E-state index contributed by atoms with van der Waals surface area (Å²) in [6, 6.07) is -1.69. The first-order valence-corrected chi connectivity index (χ1v) is 16.0. The molecule has 1 unspecified atom stereocenters. The molecule has 0 spiro atoms. The highest BCUT2D eigenvalue weighted by Crippen LogP contribution is 2.44. The summed E-state index contributed by atoms with van der Waals surface area (Å²) in [6.07, 6.45) is 1.50. The number of nitrogens with one attached hydrogen (secondary N) is 1. The lowest BCUT2D eigenvalue weighted by molar-refractivity contribution is -0.156. The van der Waals surface area contributed by atoms with Crippen molar-refractivity contribution in [3.8, 4) is 0 Å². The number of thiazole rings is 1. The molecule has 1 amide bonds. The van der Waals surface area contributed by atoms with Gasteiger partial charge < -0.3 is 15.2 Å². The summed E-state index contributed by atoms with van der Waals surface area (Å²) in [7, 11) is 0. The lowest BCUT2D eigenvalue weighted by Crippen LogP contribution is -2.52. The lowest BCUT2D eigenvalue weighted by atomic mass is 9.89. The van der Waals surface area contributed by atoms with Gasteiger partial charge in [0, 0.05) is 42.9 Å². The van der Waals surface area contributed by atoms with E-state index in [9.17, 15) is 28.3 Å². The number of halogens is 5. The van der Waals surface area contributed by atoms with E-state index in [1.54, 1.807) is 12.3 Å². The van der Waals surface area contributed by atoms with Gasteiger partial charge in [0.2, 0.25) is 5.91 Å². The van der Waals surface area contributed by atoms with Gasteiger partial charge in [-0.3, -0.25) is 24.5 Å². The quantitative estimate of drug-likeness (QED) is 0.213. The predicted molar refractivity (Wildman–Crippen MR) is 164 cm³/mol. The standard InChI is InChI=1S/C30H33ClF4N6O5S/c1-5-46-27(43)20-18(37-25(26-36-9-11-47-26)38-23(20)16-6-7-17(32)22(33)21(16)31)12-39-14-30(34,35)24-19(39)13-41(15(2)42)40(24)10-8-29(3,4)28(44)45/h6-7,9,11,19,23-24H,5,8,10,12-14H2,1-4H3,(H,37,38)(H,44,45)/t19-,23?,24+/m0/s1. The first-order chi connectivity index (χ1) is 22.1. The number of benzene rings is 1. The van der Waals surface area contributed by atoms with E-state index < -0.39 is 70.5 Å². The van der Waals surface area contributed by atoms with Crippen LogP contribution in [0, 0.1) is 17.0 Å². The van der Waals surface area contributed by atoms with Crippen molar-refractivity contribution >= 4 is 46.6 Å². The number of ether oxygens (including phenoxy) is 1. The highest BCUT2D eigenvalue weighted by Gasteiger charge is 2.62. The summed E-state index contributed by atoms with van der Waals surface area (Å²) >= 11 is 7.43. The van der Waals surface area contributed by atoms with Crippen LogP contribution >= 0.6 is 22.9 Å². The summed E-state index contributed by atoms with van der Waals surface area (Å²) in [5.74, 6) is -8.23.